The maximum atomic E-state index is 11.3. The summed E-state index contributed by atoms with van der Waals surface area (Å²) in [6.07, 6.45) is 3.91. The number of esters is 1. The fraction of sp³-hybridized carbons (Fsp3) is 0.308. The number of carbonyl (C=O) groups is 1. The highest BCUT2D eigenvalue weighted by Crippen LogP contribution is 2.45. The summed E-state index contributed by atoms with van der Waals surface area (Å²) in [5, 5.41) is 21.6. The molecule has 0 spiro atoms. The summed E-state index contributed by atoms with van der Waals surface area (Å²) >= 11 is 0. The van der Waals surface area contributed by atoms with Gasteiger partial charge in [-0.15, -0.1) is 0 Å². The molecule has 160 valence electrons. The third kappa shape index (κ3) is 5.01. The highest BCUT2D eigenvalue weighted by Gasteiger charge is 2.29. The van der Waals surface area contributed by atoms with Gasteiger partial charge in [0.25, 0.3) is 0 Å². The zero-order chi connectivity index (χ0) is 21.8. The summed E-state index contributed by atoms with van der Waals surface area (Å²) in [6, 6.07) is 18.4. The lowest BCUT2D eigenvalue weighted by molar-refractivity contribution is -0.143. The zero-order valence-electron chi connectivity index (χ0n) is 17.6. The molecule has 1 aliphatic carbocycles. The van der Waals surface area contributed by atoms with E-state index in [-0.39, 0.29) is 12.8 Å². The van der Waals surface area contributed by atoms with Gasteiger partial charge >= 0.3 is 5.97 Å². The molecule has 0 saturated heterocycles. The predicted octanol–water partition coefficient (Wildman–Crippen LogP) is 4.47. The molecule has 2 N–H and O–H groups in total. The number of rotatable bonds is 8. The molecule has 1 aliphatic rings. The largest absolute Gasteiger partial charge is 0.469 e. The minimum absolute atomic E-state index is 0.0615. The Morgan fingerprint density at radius 2 is 1.84 bits per heavy atom. The Labute approximate surface area is 182 Å². The smallest absolute Gasteiger partial charge is 0.308 e. The molecule has 1 aromatic heterocycles. The quantitative estimate of drug-likeness (QED) is 0.529. The van der Waals surface area contributed by atoms with Gasteiger partial charge in [-0.2, -0.15) is 0 Å². The van der Waals surface area contributed by atoms with E-state index in [0.717, 1.165) is 46.1 Å². The second-order valence-corrected chi connectivity index (χ2v) is 8.04. The van der Waals surface area contributed by atoms with Crippen LogP contribution in [0.3, 0.4) is 0 Å². The van der Waals surface area contributed by atoms with Crippen LogP contribution in [0.15, 0.2) is 60.7 Å². The summed E-state index contributed by atoms with van der Waals surface area (Å²) < 4.78 is 4.58. The van der Waals surface area contributed by atoms with Crippen LogP contribution in [-0.2, 0) is 9.53 Å². The van der Waals surface area contributed by atoms with Crippen molar-refractivity contribution < 1.29 is 19.7 Å². The molecule has 0 bridgehead atoms. The van der Waals surface area contributed by atoms with Crippen molar-refractivity contribution in [1.82, 2.24) is 4.98 Å². The van der Waals surface area contributed by atoms with Gasteiger partial charge in [0.1, 0.15) is 0 Å². The van der Waals surface area contributed by atoms with Gasteiger partial charge in [-0.05, 0) is 24.5 Å². The van der Waals surface area contributed by atoms with E-state index in [1.807, 2.05) is 42.5 Å². The van der Waals surface area contributed by atoms with Gasteiger partial charge in [-0.3, -0.25) is 9.78 Å². The average molecular weight is 418 g/mol. The number of methoxy groups -OCH3 is 1. The van der Waals surface area contributed by atoms with Crippen molar-refractivity contribution in [2.45, 2.75) is 43.8 Å². The SMILES string of the molecule is COC(=O)C[C@H](O)C[C@H](O)/C=C/c1c(C2CC2)nc2ccccc2c1-c1ccccc1. The minimum atomic E-state index is -0.960. The van der Waals surface area contributed by atoms with Gasteiger partial charge < -0.3 is 14.9 Å². The van der Waals surface area contributed by atoms with E-state index in [1.165, 1.54) is 7.11 Å². The number of hydrogen-bond acceptors (Lipinski definition) is 5. The number of benzene rings is 2. The van der Waals surface area contributed by atoms with E-state index in [1.54, 1.807) is 6.08 Å². The van der Waals surface area contributed by atoms with Crippen molar-refractivity contribution in [3.05, 3.63) is 71.9 Å². The van der Waals surface area contributed by atoms with Crippen LogP contribution in [0.1, 0.15) is 42.9 Å². The summed E-state index contributed by atoms with van der Waals surface area (Å²) in [4.78, 5) is 16.3. The van der Waals surface area contributed by atoms with E-state index < -0.39 is 18.2 Å². The fourth-order valence-electron chi connectivity index (χ4n) is 3.92. The van der Waals surface area contributed by atoms with E-state index in [9.17, 15) is 15.0 Å². The Bertz CT molecular complexity index is 1090. The summed E-state index contributed by atoms with van der Waals surface area (Å²) in [7, 11) is 1.28. The maximum absolute atomic E-state index is 11.3. The molecule has 2 aromatic carbocycles. The number of fused-ring (bicyclic) bond motifs is 1. The Hall–Kier alpha value is -3.02. The second-order valence-electron chi connectivity index (χ2n) is 8.04. The van der Waals surface area contributed by atoms with E-state index in [2.05, 4.69) is 22.9 Å². The summed E-state index contributed by atoms with van der Waals surface area (Å²) in [5.41, 5.74) is 5.23. The molecule has 5 nitrogen and oxygen atoms in total. The number of aliphatic hydroxyl groups excluding tert-OH is 2. The van der Waals surface area contributed by atoms with Gasteiger partial charge in [0.05, 0.1) is 36.9 Å². The van der Waals surface area contributed by atoms with Crippen LogP contribution in [-0.4, -0.2) is 40.5 Å². The Morgan fingerprint density at radius 3 is 2.55 bits per heavy atom. The van der Waals surface area contributed by atoms with Crippen LogP contribution in [0.5, 0.6) is 0 Å². The van der Waals surface area contributed by atoms with Crippen LogP contribution < -0.4 is 0 Å². The number of nitrogens with zero attached hydrogens (tertiary/aromatic N) is 1. The summed E-state index contributed by atoms with van der Waals surface area (Å²) in [6.45, 7) is 0. The van der Waals surface area contributed by atoms with E-state index in [4.69, 9.17) is 4.98 Å². The molecular formula is C26H27NO4. The first kappa shape index (κ1) is 21.2. The number of aliphatic hydroxyl groups is 2. The number of carbonyl (C=O) groups excluding carboxylic acids is 1. The molecule has 31 heavy (non-hydrogen) atoms. The van der Waals surface area contributed by atoms with E-state index in [0.29, 0.717) is 5.92 Å². The standard InChI is InChI=1S/C26H27NO4/c1-31-24(30)16-20(29)15-19(28)13-14-22-25(17-7-3-2-4-8-17)21-9-5-6-10-23(21)27-26(22)18-11-12-18/h2-10,13-14,18-20,28-29H,11-12,15-16H2,1H3/b14-13+/t19-,20-/m1/s1. The average Bonchev–Trinajstić information content (AvgIpc) is 3.62. The van der Waals surface area contributed by atoms with Crippen LogP contribution in [0.4, 0.5) is 0 Å². The number of ether oxygens (including phenoxy) is 1. The van der Waals surface area contributed by atoms with Crippen molar-refractivity contribution in [2.75, 3.05) is 7.11 Å². The zero-order valence-corrected chi connectivity index (χ0v) is 17.6. The Kier molecular flexibility index (Phi) is 6.44. The van der Waals surface area contributed by atoms with Gasteiger partial charge in [0, 0.05) is 28.9 Å². The molecule has 1 saturated carbocycles. The molecule has 0 unspecified atom stereocenters. The normalized spacial score (nSPS) is 15.8. The number of pyridine rings is 1. The van der Waals surface area contributed by atoms with Crippen molar-refractivity contribution in [3.63, 3.8) is 0 Å². The number of aromatic nitrogens is 1. The fourth-order valence-corrected chi connectivity index (χ4v) is 3.92. The first-order valence-electron chi connectivity index (χ1n) is 10.7. The molecule has 1 heterocycles. The van der Waals surface area contributed by atoms with Crippen LogP contribution >= 0.6 is 0 Å². The van der Waals surface area contributed by atoms with Crippen molar-refractivity contribution in [3.8, 4) is 11.1 Å². The predicted molar refractivity (Wildman–Crippen MR) is 121 cm³/mol. The Balaban J connectivity index is 1.73. The monoisotopic (exact) mass is 417 g/mol. The Morgan fingerprint density at radius 1 is 1.13 bits per heavy atom. The lowest BCUT2D eigenvalue weighted by Gasteiger charge is -2.16. The van der Waals surface area contributed by atoms with Crippen LogP contribution in [0.25, 0.3) is 28.1 Å². The number of para-hydroxylation sites is 1. The topological polar surface area (TPSA) is 79.7 Å². The molecule has 4 rings (SSSR count). The van der Waals surface area contributed by atoms with Crippen molar-refractivity contribution in [1.29, 1.82) is 0 Å². The highest BCUT2D eigenvalue weighted by molar-refractivity contribution is 5.99. The molecule has 1 fully saturated rings. The lowest BCUT2D eigenvalue weighted by atomic mass is 9.92. The third-order valence-electron chi connectivity index (χ3n) is 5.61. The van der Waals surface area contributed by atoms with Gasteiger partial charge in [-0.1, -0.05) is 60.7 Å². The van der Waals surface area contributed by atoms with Crippen LogP contribution in [0, 0.1) is 0 Å². The van der Waals surface area contributed by atoms with Crippen LogP contribution in [0.2, 0.25) is 0 Å². The number of hydrogen-bond donors (Lipinski definition) is 2. The minimum Gasteiger partial charge on any atom is -0.469 e. The van der Waals surface area contributed by atoms with E-state index >= 15 is 0 Å². The maximum Gasteiger partial charge on any atom is 0.308 e. The third-order valence-corrected chi connectivity index (χ3v) is 5.61. The molecule has 3 aromatic rings. The molecular weight excluding hydrogens is 390 g/mol. The molecule has 0 aliphatic heterocycles. The second kappa shape index (κ2) is 9.41. The first-order valence-corrected chi connectivity index (χ1v) is 10.7. The molecule has 0 amide bonds. The molecule has 5 heteroatoms. The van der Waals surface area contributed by atoms with Gasteiger partial charge in [0.15, 0.2) is 0 Å². The van der Waals surface area contributed by atoms with Crippen molar-refractivity contribution in [2.24, 2.45) is 0 Å². The molecule has 0 radical (unpaired) electrons. The first-order chi connectivity index (χ1) is 15.1. The lowest BCUT2D eigenvalue weighted by Crippen LogP contribution is -2.20. The van der Waals surface area contributed by atoms with Crippen molar-refractivity contribution >= 4 is 22.9 Å². The van der Waals surface area contributed by atoms with Gasteiger partial charge in [0.2, 0.25) is 0 Å². The highest BCUT2D eigenvalue weighted by atomic mass is 16.5. The molecule has 2 atom stereocenters. The van der Waals surface area contributed by atoms with Gasteiger partial charge in [-0.25, -0.2) is 0 Å². The summed E-state index contributed by atoms with van der Waals surface area (Å²) in [5.74, 6) is -0.0708.